The minimum Gasteiger partial charge on any atom is -0.477 e. The highest BCUT2D eigenvalue weighted by molar-refractivity contribution is 5.97. The number of pyridine rings is 2. The third-order valence-corrected chi connectivity index (χ3v) is 3.53. The number of rotatable bonds is 5. The standard InChI is InChI=1S/C17H14N4O4/c1-10(20-16(22)12-5-3-7-19-9-12)15-13(17(23)24)14(21-25-15)11-4-2-6-18-8-11/h2-10H,1H3,(H,20,22)(H,23,24)/t10-/m1/s1. The zero-order valence-electron chi connectivity index (χ0n) is 13.2. The van der Waals surface area contributed by atoms with Gasteiger partial charge in [-0.3, -0.25) is 14.8 Å². The van der Waals surface area contributed by atoms with Crippen molar-refractivity contribution < 1.29 is 19.2 Å². The first-order valence-corrected chi connectivity index (χ1v) is 7.42. The first-order chi connectivity index (χ1) is 12.1. The maximum Gasteiger partial charge on any atom is 0.341 e. The molecule has 0 bridgehead atoms. The van der Waals surface area contributed by atoms with Crippen LogP contribution < -0.4 is 5.32 Å². The second-order valence-electron chi connectivity index (χ2n) is 5.25. The molecular formula is C17H14N4O4. The second-order valence-corrected chi connectivity index (χ2v) is 5.25. The molecule has 0 fully saturated rings. The Labute approximate surface area is 142 Å². The molecule has 3 rings (SSSR count). The molecule has 0 spiro atoms. The number of amides is 1. The number of carbonyl (C=O) groups is 2. The van der Waals surface area contributed by atoms with Crippen molar-refractivity contribution in [1.82, 2.24) is 20.4 Å². The molecule has 0 aliphatic heterocycles. The van der Waals surface area contributed by atoms with E-state index >= 15 is 0 Å². The SMILES string of the molecule is C[C@@H](NC(=O)c1cccnc1)c1onc(-c2cccnc2)c1C(=O)O. The third-order valence-electron chi connectivity index (χ3n) is 3.53. The molecule has 1 amide bonds. The van der Waals surface area contributed by atoms with E-state index in [4.69, 9.17) is 4.52 Å². The zero-order chi connectivity index (χ0) is 17.8. The zero-order valence-corrected chi connectivity index (χ0v) is 13.2. The van der Waals surface area contributed by atoms with Crippen molar-refractivity contribution in [2.45, 2.75) is 13.0 Å². The predicted molar refractivity (Wildman–Crippen MR) is 86.8 cm³/mol. The lowest BCUT2D eigenvalue weighted by molar-refractivity contribution is 0.0692. The lowest BCUT2D eigenvalue weighted by atomic mass is 10.0. The Kier molecular flexibility index (Phi) is 4.51. The molecule has 0 aliphatic rings. The van der Waals surface area contributed by atoms with E-state index in [1.165, 1.54) is 12.4 Å². The molecule has 0 saturated carbocycles. The lowest BCUT2D eigenvalue weighted by Gasteiger charge is -2.11. The maximum atomic E-state index is 12.2. The van der Waals surface area contributed by atoms with Crippen LogP contribution in [0.5, 0.6) is 0 Å². The molecule has 2 N–H and O–H groups in total. The van der Waals surface area contributed by atoms with Crippen LogP contribution in [0.4, 0.5) is 0 Å². The van der Waals surface area contributed by atoms with Crippen LogP contribution in [0.15, 0.2) is 53.6 Å². The summed E-state index contributed by atoms with van der Waals surface area (Å²) in [6.45, 7) is 1.62. The van der Waals surface area contributed by atoms with Crippen LogP contribution >= 0.6 is 0 Å². The number of nitrogens with one attached hydrogen (secondary N) is 1. The topological polar surface area (TPSA) is 118 Å². The molecule has 3 heterocycles. The van der Waals surface area contributed by atoms with E-state index in [2.05, 4.69) is 20.4 Å². The lowest BCUT2D eigenvalue weighted by Crippen LogP contribution is -2.27. The van der Waals surface area contributed by atoms with Gasteiger partial charge in [0.05, 0.1) is 11.6 Å². The van der Waals surface area contributed by atoms with Crippen molar-refractivity contribution in [2.75, 3.05) is 0 Å². The summed E-state index contributed by atoms with van der Waals surface area (Å²) in [6, 6.07) is 5.89. The fraction of sp³-hybridized carbons (Fsp3) is 0.118. The largest absolute Gasteiger partial charge is 0.477 e. The Morgan fingerprint density at radius 3 is 2.48 bits per heavy atom. The van der Waals surface area contributed by atoms with E-state index in [9.17, 15) is 14.7 Å². The van der Waals surface area contributed by atoms with E-state index < -0.39 is 17.9 Å². The van der Waals surface area contributed by atoms with Crippen molar-refractivity contribution in [1.29, 1.82) is 0 Å². The van der Waals surface area contributed by atoms with E-state index in [0.29, 0.717) is 11.1 Å². The van der Waals surface area contributed by atoms with Crippen LogP contribution in [-0.2, 0) is 0 Å². The van der Waals surface area contributed by atoms with Crippen molar-refractivity contribution in [3.63, 3.8) is 0 Å². The number of nitrogens with zero attached hydrogens (tertiary/aromatic N) is 3. The van der Waals surface area contributed by atoms with Crippen LogP contribution in [0.3, 0.4) is 0 Å². The molecule has 0 saturated heterocycles. The molecule has 0 unspecified atom stereocenters. The Bertz CT molecular complexity index is 894. The van der Waals surface area contributed by atoms with Crippen LogP contribution in [-0.4, -0.2) is 32.1 Å². The van der Waals surface area contributed by atoms with Gasteiger partial charge in [-0.15, -0.1) is 0 Å². The van der Waals surface area contributed by atoms with Gasteiger partial charge in [0, 0.05) is 30.4 Å². The van der Waals surface area contributed by atoms with Gasteiger partial charge < -0.3 is 14.9 Å². The minimum atomic E-state index is -1.20. The quantitative estimate of drug-likeness (QED) is 0.733. The van der Waals surface area contributed by atoms with E-state index in [0.717, 1.165) is 0 Å². The fourth-order valence-electron chi connectivity index (χ4n) is 2.35. The summed E-state index contributed by atoms with van der Waals surface area (Å²) in [5.74, 6) is -1.53. The number of carbonyl (C=O) groups excluding carboxylic acids is 1. The summed E-state index contributed by atoms with van der Waals surface area (Å²) in [6.07, 6.45) is 6.04. The van der Waals surface area contributed by atoms with Gasteiger partial charge in [0.2, 0.25) is 0 Å². The normalized spacial score (nSPS) is 11.7. The monoisotopic (exact) mass is 338 g/mol. The second kappa shape index (κ2) is 6.91. The molecule has 8 nitrogen and oxygen atoms in total. The van der Waals surface area contributed by atoms with Crippen LogP contribution in [0.1, 0.15) is 39.4 Å². The van der Waals surface area contributed by atoms with E-state index in [1.807, 2.05) is 0 Å². The summed E-state index contributed by atoms with van der Waals surface area (Å²) in [7, 11) is 0. The Hall–Kier alpha value is -3.55. The summed E-state index contributed by atoms with van der Waals surface area (Å²) in [5, 5.41) is 16.1. The highest BCUT2D eigenvalue weighted by Gasteiger charge is 2.28. The minimum absolute atomic E-state index is 0.0589. The van der Waals surface area contributed by atoms with Gasteiger partial charge in [-0.25, -0.2) is 4.79 Å². The molecule has 1 atom stereocenters. The van der Waals surface area contributed by atoms with E-state index in [1.54, 1.807) is 43.6 Å². The van der Waals surface area contributed by atoms with Gasteiger partial charge in [0.1, 0.15) is 11.3 Å². The van der Waals surface area contributed by atoms with Crippen molar-refractivity contribution in [2.24, 2.45) is 0 Å². The third kappa shape index (κ3) is 3.37. The number of carboxylic acids is 1. The summed E-state index contributed by atoms with van der Waals surface area (Å²) >= 11 is 0. The highest BCUT2D eigenvalue weighted by Crippen LogP contribution is 2.28. The Morgan fingerprint density at radius 1 is 1.16 bits per heavy atom. The summed E-state index contributed by atoms with van der Waals surface area (Å²) in [5.41, 5.74) is 0.934. The number of hydrogen-bond acceptors (Lipinski definition) is 6. The molecule has 0 radical (unpaired) electrons. The molecule has 126 valence electrons. The van der Waals surface area contributed by atoms with Crippen LogP contribution in [0, 0.1) is 0 Å². The van der Waals surface area contributed by atoms with Gasteiger partial charge in [-0.2, -0.15) is 0 Å². The predicted octanol–water partition coefficient (Wildman–Crippen LogP) is 2.32. The molecule has 25 heavy (non-hydrogen) atoms. The van der Waals surface area contributed by atoms with Gasteiger partial charge in [0.25, 0.3) is 5.91 Å². The van der Waals surface area contributed by atoms with Crippen molar-refractivity contribution >= 4 is 11.9 Å². The summed E-state index contributed by atoms with van der Waals surface area (Å²) < 4.78 is 5.22. The molecule has 3 aromatic heterocycles. The average molecular weight is 338 g/mol. The van der Waals surface area contributed by atoms with Crippen LogP contribution in [0.25, 0.3) is 11.3 Å². The summed E-state index contributed by atoms with van der Waals surface area (Å²) in [4.78, 5) is 31.7. The highest BCUT2D eigenvalue weighted by atomic mass is 16.5. The average Bonchev–Trinajstić information content (AvgIpc) is 3.08. The Balaban J connectivity index is 1.91. The van der Waals surface area contributed by atoms with E-state index in [-0.39, 0.29) is 17.0 Å². The molecular weight excluding hydrogens is 324 g/mol. The smallest absolute Gasteiger partial charge is 0.341 e. The van der Waals surface area contributed by atoms with Gasteiger partial charge >= 0.3 is 5.97 Å². The van der Waals surface area contributed by atoms with Gasteiger partial charge in [0.15, 0.2) is 5.76 Å². The van der Waals surface area contributed by atoms with Gasteiger partial charge in [-0.05, 0) is 31.2 Å². The van der Waals surface area contributed by atoms with Gasteiger partial charge in [-0.1, -0.05) is 5.16 Å². The first kappa shape index (κ1) is 16.3. The molecule has 0 aliphatic carbocycles. The van der Waals surface area contributed by atoms with Crippen LogP contribution in [0.2, 0.25) is 0 Å². The molecule has 0 aromatic carbocycles. The Morgan fingerprint density at radius 2 is 1.88 bits per heavy atom. The van der Waals surface area contributed by atoms with Crippen molar-refractivity contribution in [3.8, 4) is 11.3 Å². The maximum absolute atomic E-state index is 12.2. The molecule has 3 aromatic rings. The number of aromatic nitrogens is 3. The number of hydrogen-bond donors (Lipinski definition) is 2. The van der Waals surface area contributed by atoms with Crippen molar-refractivity contribution in [3.05, 3.63) is 65.9 Å². The number of carboxylic acid groups (broad SMARTS) is 1. The first-order valence-electron chi connectivity index (χ1n) is 7.42. The number of aromatic carboxylic acids is 1. The molecule has 8 heteroatoms. The fourth-order valence-corrected chi connectivity index (χ4v) is 2.35.